The molecule has 4 atom stereocenters. The zero-order chi connectivity index (χ0) is 9.59. The SMILES string of the molecule is O=C(O)C1C2C=CC(C2)C1C(=O)O.[Zn]. The molecule has 0 heterocycles. The Hall–Kier alpha value is -0.697. The van der Waals surface area contributed by atoms with Crippen molar-refractivity contribution in [2.24, 2.45) is 23.7 Å². The van der Waals surface area contributed by atoms with Gasteiger partial charge in [0, 0.05) is 19.5 Å². The summed E-state index contributed by atoms with van der Waals surface area (Å²) in [6, 6.07) is 0. The average Bonchev–Trinajstić information content (AvgIpc) is 2.60. The Balaban J connectivity index is 0.000000980. The van der Waals surface area contributed by atoms with Crippen LogP contribution in [0, 0.1) is 23.7 Å². The van der Waals surface area contributed by atoms with Gasteiger partial charge in [0.25, 0.3) is 0 Å². The van der Waals surface area contributed by atoms with Crippen molar-refractivity contribution in [3.8, 4) is 0 Å². The van der Waals surface area contributed by atoms with E-state index in [1.165, 1.54) is 0 Å². The van der Waals surface area contributed by atoms with E-state index in [9.17, 15) is 9.59 Å². The molecule has 1 fully saturated rings. The van der Waals surface area contributed by atoms with Crippen molar-refractivity contribution < 1.29 is 39.3 Å². The van der Waals surface area contributed by atoms with Gasteiger partial charge in [0.2, 0.25) is 0 Å². The van der Waals surface area contributed by atoms with Crippen LogP contribution in [0.25, 0.3) is 0 Å². The van der Waals surface area contributed by atoms with Crippen molar-refractivity contribution in [1.29, 1.82) is 0 Å². The maximum absolute atomic E-state index is 10.8. The Labute approximate surface area is 93.8 Å². The summed E-state index contributed by atoms with van der Waals surface area (Å²) in [5.74, 6) is -3.53. The molecule has 0 radical (unpaired) electrons. The summed E-state index contributed by atoms with van der Waals surface area (Å²) < 4.78 is 0. The van der Waals surface area contributed by atoms with Gasteiger partial charge in [-0.3, -0.25) is 9.59 Å². The van der Waals surface area contributed by atoms with Crippen LogP contribution in [0.15, 0.2) is 12.2 Å². The van der Waals surface area contributed by atoms with E-state index >= 15 is 0 Å². The quantitative estimate of drug-likeness (QED) is 0.553. The van der Waals surface area contributed by atoms with Crippen molar-refractivity contribution in [2.75, 3.05) is 0 Å². The van der Waals surface area contributed by atoms with Crippen molar-refractivity contribution in [1.82, 2.24) is 0 Å². The number of carboxylic acids is 2. The van der Waals surface area contributed by atoms with Crippen LogP contribution in [-0.2, 0) is 29.1 Å². The Morgan fingerprint density at radius 3 is 1.64 bits per heavy atom. The van der Waals surface area contributed by atoms with Gasteiger partial charge in [-0.1, -0.05) is 12.2 Å². The van der Waals surface area contributed by atoms with E-state index in [-0.39, 0.29) is 31.3 Å². The number of hydrogen-bond acceptors (Lipinski definition) is 2. The molecule has 0 aliphatic heterocycles. The molecular weight excluding hydrogens is 237 g/mol. The normalized spacial score (nSPS) is 38.0. The van der Waals surface area contributed by atoms with Gasteiger partial charge in [-0.15, -0.1) is 0 Å². The third-order valence-corrected chi connectivity index (χ3v) is 3.03. The Kier molecular flexibility index (Phi) is 3.10. The van der Waals surface area contributed by atoms with Crippen molar-refractivity contribution >= 4 is 11.9 Å². The molecule has 2 bridgehead atoms. The van der Waals surface area contributed by atoms with Crippen LogP contribution >= 0.6 is 0 Å². The maximum atomic E-state index is 10.8. The first-order valence-electron chi connectivity index (χ1n) is 4.25. The Morgan fingerprint density at radius 2 is 1.36 bits per heavy atom. The van der Waals surface area contributed by atoms with Gasteiger partial charge in [-0.2, -0.15) is 0 Å². The standard InChI is InChI=1S/C9H10O4.Zn/c10-8(11)6-4-1-2-5(3-4)7(6)9(12)13;/h1-2,4-7H,3H2,(H,10,11)(H,12,13);. The summed E-state index contributed by atoms with van der Waals surface area (Å²) >= 11 is 0. The molecule has 4 nitrogen and oxygen atoms in total. The van der Waals surface area contributed by atoms with Gasteiger partial charge in [-0.05, 0) is 18.3 Å². The molecule has 5 heteroatoms. The minimum atomic E-state index is -0.982. The molecule has 2 aliphatic carbocycles. The van der Waals surface area contributed by atoms with Crippen LogP contribution in [0.5, 0.6) is 0 Å². The summed E-state index contributed by atoms with van der Waals surface area (Å²) in [4.78, 5) is 21.6. The molecular formula is C9H10O4Zn. The minimum absolute atomic E-state index is 0. The maximum Gasteiger partial charge on any atom is 0.307 e. The topological polar surface area (TPSA) is 74.6 Å². The van der Waals surface area contributed by atoms with E-state index in [0.29, 0.717) is 6.42 Å². The molecule has 2 aliphatic rings. The van der Waals surface area contributed by atoms with Gasteiger partial charge in [-0.25, -0.2) is 0 Å². The first-order valence-corrected chi connectivity index (χ1v) is 4.25. The smallest absolute Gasteiger partial charge is 0.307 e. The van der Waals surface area contributed by atoms with Gasteiger partial charge >= 0.3 is 11.9 Å². The second kappa shape index (κ2) is 3.81. The van der Waals surface area contributed by atoms with E-state index in [0.717, 1.165) is 0 Å². The predicted octanol–water partition coefficient (Wildman–Crippen LogP) is 0.591. The molecule has 0 aromatic heterocycles. The number of fused-ring (bicyclic) bond motifs is 2. The molecule has 2 N–H and O–H groups in total. The fourth-order valence-corrected chi connectivity index (χ4v) is 2.50. The summed E-state index contributed by atoms with van der Waals surface area (Å²) in [6.07, 6.45) is 4.36. The summed E-state index contributed by atoms with van der Waals surface area (Å²) in [7, 11) is 0. The second-order valence-electron chi connectivity index (χ2n) is 3.68. The molecule has 72 valence electrons. The first kappa shape index (κ1) is 11.4. The molecule has 0 amide bonds. The van der Waals surface area contributed by atoms with E-state index in [4.69, 9.17) is 10.2 Å². The number of allylic oxidation sites excluding steroid dienone is 2. The molecule has 0 saturated heterocycles. The minimum Gasteiger partial charge on any atom is -0.481 e. The van der Waals surface area contributed by atoms with E-state index in [1.54, 1.807) is 0 Å². The monoisotopic (exact) mass is 246 g/mol. The first-order chi connectivity index (χ1) is 6.11. The van der Waals surface area contributed by atoms with E-state index in [2.05, 4.69) is 0 Å². The zero-order valence-electron chi connectivity index (χ0n) is 7.59. The predicted molar refractivity (Wildman–Crippen MR) is 43.0 cm³/mol. The molecule has 0 aromatic rings. The van der Waals surface area contributed by atoms with Crippen LogP contribution in [0.1, 0.15) is 6.42 Å². The molecule has 2 rings (SSSR count). The van der Waals surface area contributed by atoms with Gasteiger partial charge < -0.3 is 10.2 Å². The molecule has 14 heavy (non-hydrogen) atoms. The van der Waals surface area contributed by atoms with Crippen LogP contribution in [0.3, 0.4) is 0 Å². The molecule has 0 aromatic carbocycles. The van der Waals surface area contributed by atoms with Gasteiger partial charge in [0.05, 0.1) is 11.8 Å². The van der Waals surface area contributed by atoms with Crippen LogP contribution in [0.2, 0.25) is 0 Å². The summed E-state index contributed by atoms with van der Waals surface area (Å²) in [5, 5.41) is 17.7. The van der Waals surface area contributed by atoms with E-state index in [1.807, 2.05) is 12.2 Å². The van der Waals surface area contributed by atoms with E-state index < -0.39 is 23.8 Å². The number of carbonyl (C=O) groups is 2. The Morgan fingerprint density at radius 1 is 1.00 bits per heavy atom. The second-order valence-corrected chi connectivity index (χ2v) is 3.68. The zero-order valence-corrected chi connectivity index (χ0v) is 10.6. The molecule has 0 spiro atoms. The van der Waals surface area contributed by atoms with Crippen molar-refractivity contribution in [3.63, 3.8) is 0 Å². The van der Waals surface area contributed by atoms with Crippen LogP contribution < -0.4 is 0 Å². The Bertz CT molecular complexity index is 271. The fourth-order valence-electron chi connectivity index (χ4n) is 2.50. The number of hydrogen-bond donors (Lipinski definition) is 2. The van der Waals surface area contributed by atoms with Crippen molar-refractivity contribution in [3.05, 3.63) is 12.2 Å². The third-order valence-electron chi connectivity index (χ3n) is 3.03. The number of rotatable bonds is 2. The summed E-state index contributed by atoms with van der Waals surface area (Å²) in [5.41, 5.74) is 0. The molecule has 4 unspecified atom stereocenters. The number of carboxylic acid groups (broad SMARTS) is 2. The fraction of sp³-hybridized carbons (Fsp3) is 0.556. The van der Waals surface area contributed by atoms with Gasteiger partial charge in [0.1, 0.15) is 0 Å². The molecule has 1 saturated carbocycles. The van der Waals surface area contributed by atoms with Crippen LogP contribution in [0.4, 0.5) is 0 Å². The third kappa shape index (κ3) is 1.50. The average molecular weight is 248 g/mol. The van der Waals surface area contributed by atoms with Crippen LogP contribution in [-0.4, -0.2) is 22.2 Å². The number of aliphatic carboxylic acids is 2. The van der Waals surface area contributed by atoms with Gasteiger partial charge in [0.15, 0.2) is 0 Å². The largest absolute Gasteiger partial charge is 0.481 e. The summed E-state index contributed by atoms with van der Waals surface area (Å²) in [6.45, 7) is 0. The van der Waals surface area contributed by atoms with Crippen molar-refractivity contribution in [2.45, 2.75) is 6.42 Å².